The summed E-state index contributed by atoms with van der Waals surface area (Å²) in [5, 5.41) is 21.3. The average molecular weight is 752 g/mol. The molecule has 0 fully saturated rings. The zero-order chi connectivity index (χ0) is 38.8. The Labute approximate surface area is 328 Å². The number of anilines is 1. The molecule has 3 aromatic carbocycles. The summed E-state index contributed by atoms with van der Waals surface area (Å²) in [6, 6.07) is 36.9. The molecule has 0 aliphatic carbocycles. The Kier molecular flexibility index (Phi) is 13.2. The molecule has 2 heterocycles. The number of hydrogen-bond donors (Lipinski definition) is 0. The van der Waals surface area contributed by atoms with Gasteiger partial charge in [-0.1, -0.05) is 114 Å². The van der Waals surface area contributed by atoms with Gasteiger partial charge < -0.3 is 14.1 Å². The molecule has 0 amide bonds. The fourth-order valence-corrected chi connectivity index (χ4v) is 12.3. The molecular formula is C47H53N3O2SSi. The van der Waals surface area contributed by atoms with E-state index in [1.165, 1.54) is 22.1 Å². The van der Waals surface area contributed by atoms with Crippen molar-refractivity contribution in [2.75, 3.05) is 18.0 Å². The highest BCUT2D eigenvalue weighted by atomic mass is 32.1. The van der Waals surface area contributed by atoms with Crippen LogP contribution < -0.4 is 19.7 Å². The maximum absolute atomic E-state index is 9.85. The Morgan fingerprint density at radius 2 is 1.37 bits per heavy atom. The summed E-state index contributed by atoms with van der Waals surface area (Å²) in [6.07, 6.45) is 14.2. The molecule has 0 saturated heterocycles. The van der Waals surface area contributed by atoms with Crippen LogP contribution in [0.15, 0.2) is 120 Å². The molecule has 0 atom stereocenters. The quantitative estimate of drug-likeness (QED) is 0.0893. The molecule has 0 N–H and O–H groups in total. The number of nitrogens with zero attached hydrogens (tertiary/aromatic N) is 3. The third-order valence-electron chi connectivity index (χ3n) is 9.93. The molecular weight excluding hydrogens is 699 g/mol. The van der Waals surface area contributed by atoms with Crippen molar-refractivity contribution in [2.24, 2.45) is 0 Å². The minimum absolute atomic E-state index is 0.184. The van der Waals surface area contributed by atoms with Crippen LogP contribution in [0, 0.1) is 22.7 Å². The summed E-state index contributed by atoms with van der Waals surface area (Å²) >= 11 is 1.67. The van der Waals surface area contributed by atoms with Crippen LogP contribution in [-0.4, -0.2) is 27.0 Å². The average Bonchev–Trinajstić information content (AvgIpc) is 3.72. The lowest BCUT2D eigenvalue weighted by molar-refractivity contribution is 0.0964. The van der Waals surface area contributed by atoms with Crippen molar-refractivity contribution in [3.8, 4) is 17.9 Å². The van der Waals surface area contributed by atoms with E-state index >= 15 is 0 Å². The second-order valence-corrected chi connectivity index (χ2v) is 20.6. The molecule has 1 aromatic heterocycles. The van der Waals surface area contributed by atoms with E-state index in [9.17, 15) is 10.5 Å². The van der Waals surface area contributed by atoms with Crippen LogP contribution in [0.4, 0.5) is 5.69 Å². The van der Waals surface area contributed by atoms with Crippen molar-refractivity contribution in [3.63, 3.8) is 0 Å². The normalized spacial score (nSPS) is 15.1. The summed E-state index contributed by atoms with van der Waals surface area (Å²) in [4.78, 5) is 4.68. The highest BCUT2D eigenvalue weighted by Gasteiger charge is 2.52. The molecule has 1 aliphatic rings. The van der Waals surface area contributed by atoms with E-state index in [-0.39, 0.29) is 5.04 Å². The SMILES string of the molecule is CCCCN(CCCC)c1ccc(/C=C\c2ccc(/C=C/C3=C(C#N)C(=C\C#N)/OC3(C)C)s2)c(O[Si](c2ccccc2)(c2ccccc2)C(C)(C)C)c1. The van der Waals surface area contributed by atoms with Crippen LogP contribution in [0.25, 0.3) is 18.2 Å². The summed E-state index contributed by atoms with van der Waals surface area (Å²) in [5.41, 5.74) is 2.68. The molecule has 0 saturated carbocycles. The highest BCUT2D eigenvalue weighted by molar-refractivity contribution is 7.13. The van der Waals surface area contributed by atoms with Gasteiger partial charge in [-0.25, -0.2) is 0 Å². The molecule has 5 rings (SSSR count). The van der Waals surface area contributed by atoms with Crippen molar-refractivity contribution in [1.29, 1.82) is 10.5 Å². The van der Waals surface area contributed by atoms with E-state index in [4.69, 9.17) is 9.16 Å². The van der Waals surface area contributed by atoms with Crippen LogP contribution in [0.1, 0.15) is 89.5 Å². The highest BCUT2D eigenvalue weighted by Crippen LogP contribution is 2.41. The third-order valence-corrected chi connectivity index (χ3v) is 15.9. The lowest BCUT2D eigenvalue weighted by Gasteiger charge is -2.43. The van der Waals surface area contributed by atoms with Crippen LogP contribution in [-0.2, 0) is 4.74 Å². The summed E-state index contributed by atoms with van der Waals surface area (Å²) in [6.45, 7) is 17.3. The molecule has 0 bridgehead atoms. The van der Waals surface area contributed by atoms with E-state index in [2.05, 4.69) is 149 Å². The van der Waals surface area contributed by atoms with Crippen molar-refractivity contribution in [3.05, 3.63) is 135 Å². The number of rotatable bonds is 15. The largest absolute Gasteiger partial charge is 0.534 e. The molecule has 4 aromatic rings. The van der Waals surface area contributed by atoms with E-state index < -0.39 is 13.9 Å². The zero-order valence-corrected chi connectivity index (χ0v) is 34.7. The van der Waals surface area contributed by atoms with Gasteiger partial charge in [0.25, 0.3) is 0 Å². The van der Waals surface area contributed by atoms with Crippen LogP contribution in [0.3, 0.4) is 0 Å². The first-order valence-electron chi connectivity index (χ1n) is 19.1. The minimum atomic E-state index is -2.91. The lowest BCUT2D eigenvalue weighted by atomic mass is 9.95. The Morgan fingerprint density at radius 1 is 0.796 bits per heavy atom. The fourth-order valence-electron chi connectivity index (χ4n) is 7.09. The van der Waals surface area contributed by atoms with Gasteiger partial charge in [0.1, 0.15) is 28.8 Å². The predicted octanol–water partition coefficient (Wildman–Crippen LogP) is 11.3. The second-order valence-electron chi connectivity index (χ2n) is 15.2. The van der Waals surface area contributed by atoms with E-state index in [0.29, 0.717) is 11.3 Å². The van der Waals surface area contributed by atoms with Gasteiger partial charge >= 0.3 is 8.32 Å². The topological polar surface area (TPSA) is 69.3 Å². The molecule has 7 heteroatoms. The zero-order valence-electron chi connectivity index (χ0n) is 32.9. The smallest absolute Gasteiger partial charge is 0.319 e. The molecule has 5 nitrogen and oxygen atoms in total. The van der Waals surface area contributed by atoms with E-state index in [0.717, 1.165) is 65.4 Å². The minimum Gasteiger partial charge on any atom is -0.534 e. The number of unbranched alkanes of at least 4 members (excludes halogenated alkanes) is 2. The first-order valence-corrected chi connectivity index (χ1v) is 21.8. The van der Waals surface area contributed by atoms with Gasteiger partial charge in [-0.15, -0.1) is 11.3 Å². The van der Waals surface area contributed by atoms with Gasteiger partial charge in [-0.2, -0.15) is 10.5 Å². The number of benzene rings is 3. The van der Waals surface area contributed by atoms with Crippen molar-refractivity contribution in [2.45, 2.75) is 84.8 Å². The van der Waals surface area contributed by atoms with Crippen LogP contribution in [0.5, 0.6) is 5.75 Å². The van der Waals surface area contributed by atoms with Crippen molar-refractivity contribution in [1.82, 2.24) is 0 Å². The Bertz CT molecular complexity index is 2040. The van der Waals surface area contributed by atoms with Crippen LogP contribution >= 0.6 is 11.3 Å². The van der Waals surface area contributed by atoms with Gasteiger partial charge in [-0.3, -0.25) is 0 Å². The van der Waals surface area contributed by atoms with Gasteiger partial charge in [0, 0.05) is 45.7 Å². The van der Waals surface area contributed by atoms with Gasteiger partial charge in [-0.05, 0) is 84.6 Å². The summed E-state index contributed by atoms with van der Waals surface area (Å²) in [7, 11) is -2.91. The third kappa shape index (κ3) is 8.99. The number of hydrogen-bond acceptors (Lipinski definition) is 6. The first-order chi connectivity index (χ1) is 26.0. The van der Waals surface area contributed by atoms with Crippen LogP contribution in [0.2, 0.25) is 5.04 Å². The standard InChI is InChI=1S/C47H53N3O2SSi/c1-8-10-32-50(33-11-9-2)37-24-22-36(23-25-38-26-27-39(53-38)28-29-43-42(35-49)44(30-31-48)51-47(43,6)7)45(34-37)52-54(46(3,4)5,40-18-14-12-15-19-40)41-20-16-13-17-21-41/h12-30,34H,8-11,32-33H2,1-7H3/b25-23-,29-28+,44-30+. The Balaban J connectivity index is 1.58. The molecule has 0 spiro atoms. The predicted molar refractivity (Wildman–Crippen MR) is 230 cm³/mol. The number of nitriles is 2. The Morgan fingerprint density at radius 3 is 1.89 bits per heavy atom. The van der Waals surface area contributed by atoms with E-state index in [1.807, 2.05) is 32.1 Å². The van der Waals surface area contributed by atoms with Gasteiger partial charge in [0.15, 0.2) is 0 Å². The molecule has 1 aliphatic heterocycles. The molecule has 278 valence electrons. The maximum atomic E-state index is 9.85. The van der Waals surface area contributed by atoms with Gasteiger partial charge in [0.2, 0.25) is 0 Å². The summed E-state index contributed by atoms with van der Waals surface area (Å²) in [5.74, 6) is 1.22. The monoisotopic (exact) mass is 751 g/mol. The Hall–Kier alpha value is -5.08. The number of allylic oxidation sites excluding steroid dienone is 2. The number of ether oxygens (including phenoxy) is 1. The van der Waals surface area contributed by atoms with E-state index in [1.54, 1.807) is 11.3 Å². The van der Waals surface area contributed by atoms with Gasteiger partial charge in [0.05, 0.1) is 12.1 Å². The fraction of sp³-hybridized carbons (Fsp3) is 0.319. The first kappa shape index (κ1) is 40.1. The molecule has 54 heavy (non-hydrogen) atoms. The van der Waals surface area contributed by atoms with Crippen molar-refractivity contribution >= 4 is 53.9 Å². The second kappa shape index (κ2) is 17.8. The molecule has 0 radical (unpaired) electrons. The number of thiophene rings is 1. The molecule has 0 unspecified atom stereocenters. The van der Waals surface area contributed by atoms with Crippen molar-refractivity contribution < 1.29 is 9.16 Å². The summed E-state index contributed by atoms with van der Waals surface area (Å²) < 4.78 is 13.7. The maximum Gasteiger partial charge on any atom is 0.319 e. The lowest BCUT2D eigenvalue weighted by Crippen LogP contribution is -2.68.